The number of benzene rings is 3. The van der Waals surface area contributed by atoms with Crippen LogP contribution in [0.25, 0.3) is 6.08 Å². The quantitative estimate of drug-likeness (QED) is 0.297. The number of anilines is 1. The Morgan fingerprint density at radius 3 is 2.59 bits per heavy atom. The van der Waals surface area contributed by atoms with Gasteiger partial charge in [0.15, 0.2) is 11.5 Å². The molecule has 32 heavy (non-hydrogen) atoms. The first-order chi connectivity index (χ1) is 15.5. The molecule has 3 aromatic carbocycles. The van der Waals surface area contributed by atoms with E-state index in [9.17, 15) is 10.1 Å². The van der Waals surface area contributed by atoms with Gasteiger partial charge in [-0.25, -0.2) is 0 Å². The summed E-state index contributed by atoms with van der Waals surface area (Å²) >= 11 is 3.52. The highest BCUT2D eigenvalue weighted by Crippen LogP contribution is 2.31. The third-order valence-corrected chi connectivity index (χ3v) is 5.33. The van der Waals surface area contributed by atoms with Crippen LogP contribution in [0.15, 0.2) is 76.8 Å². The van der Waals surface area contributed by atoms with Crippen LogP contribution in [-0.4, -0.2) is 12.5 Å². The van der Waals surface area contributed by atoms with E-state index < -0.39 is 5.91 Å². The summed E-state index contributed by atoms with van der Waals surface area (Å²) < 4.78 is 12.7. The minimum absolute atomic E-state index is 0.00385. The van der Waals surface area contributed by atoms with Crippen molar-refractivity contribution in [2.75, 3.05) is 11.9 Å². The standard InChI is InChI=1S/C26H23BrN2O3/c1-3-31-25-15-19(11-12-24(25)32-17-20-8-4-5-10-23(20)27)14-21(16-28)26(30)29-22-9-6-7-18(2)13-22/h4-15H,3,17H2,1-2H3,(H,29,30)/b21-14+. The highest BCUT2D eigenvalue weighted by molar-refractivity contribution is 9.10. The molecule has 1 N–H and O–H groups in total. The second-order valence-corrected chi connectivity index (χ2v) is 7.87. The number of rotatable bonds is 8. The number of nitrogens with one attached hydrogen (secondary N) is 1. The number of carbonyl (C=O) groups is 1. The molecular formula is C26H23BrN2O3. The number of hydrogen-bond acceptors (Lipinski definition) is 4. The van der Waals surface area contributed by atoms with E-state index in [4.69, 9.17) is 9.47 Å². The van der Waals surface area contributed by atoms with Crippen molar-refractivity contribution in [3.63, 3.8) is 0 Å². The fourth-order valence-corrected chi connectivity index (χ4v) is 3.41. The molecule has 0 bridgehead atoms. The SMILES string of the molecule is CCOc1cc(/C=C(\C#N)C(=O)Nc2cccc(C)c2)ccc1OCc1ccccc1Br. The Hall–Kier alpha value is -3.56. The summed E-state index contributed by atoms with van der Waals surface area (Å²) in [6.07, 6.45) is 1.53. The van der Waals surface area contributed by atoms with Gasteiger partial charge in [-0.1, -0.05) is 52.3 Å². The fourth-order valence-electron chi connectivity index (χ4n) is 3.01. The largest absolute Gasteiger partial charge is 0.490 e. The smallest absolute Gasteiger partial charge is 0.266 e. The molecule has 0 spiro atoms. The van der Waals surface area contributed by atoms with Crippen molar-refractivity contribution in [2.45, 2.75) is 20.5 Å². The van der Waals surface area contributed by atoms with Crippen LogP contribution in [0.2, 0.25) is 0 Å². The molecule has 0 aliphatic rings. The van der Waals surface area contributed by atoms with E-state index in [-0.39, 0.29) is 5.57 Å². The molecule has 0 fully saturated rings. The number of nitrogens with zero attached hydrogens (tertiary/aromatic N) is 1. The van der Waals surface area contributed by atoms with Gasteiger partial charge in [0.05, 0.1) is 6.61 Å². The van der Waals surface area contributed by atoms with Crippen molar-refractivity contribution >= 4 is 33.6 Å². The molecule has 0 saturated carbocycles. The average Bonchev–Trinajstić information content (AvgIpc) is 2.78. The Kier molecular flexibility index (Phi) is 8.07. The van der Waals surface area contributed by atoms with Gasteiger partial charge >= 0.3 is 0 Å². The van der Waals surface area contributed by atoms with Crippen LogP contribution >= 0.6 is 15.9 Å². The molecule has 5 nitrogen and oxygen atoms in total. The Morgan fingerprint density at radius 1 is 1.06 bits per heavy atom. The normalized spacial score (nSPS) is 10.9. The average molecular weight is 491 g/mol. The number of hydrogen-bond donors (Lipinski definition) is 1. The van der Waals surface area contributed by atoms with Crippen LogP contribution in [0.4, 0.5) is 5.69 Å². The van der Waals surface area contributed by atoms with Gasteiger partial charge in [0.1, 0.15) is 18.2 Å². The molecule has 0 saturated heterocycles. The number of ether oxygens (including phenoxy) is 2. The summed E-state index contributed by atoms with van der Waals surface area (Å²) in [5.74, 6) is 0.664. The van der Waals surface area contributed by atoms with Gasteiger partial charge in [-0.05, 0) is 61.4 Å². The van der Waals surface area contributed by atoms with Gasteiger partial charge in [0, 0.05) is 15.7 Å². The van der Waals surface area contributed by atoms with Gasteiger partial charge < -0.3 is 14.8 Å². The first kappa shape index (κ1) is 23.1. The Morgan fingerprint density at radius 2 is 1.88 bits per heavy atom. The first-order valence-corrected chi connectivity index (χ1v) is 10.9. The topological polar surface area (TPSA) is 71.3 Å². The minimum Gasteiger partial charge on any atom is -0.490 e. The van der Waals surface area contributed by atoms with Crippen molar-refractivity contribution < 1.29 is 14.3 Å². The van der Waals surface area contributed by atoms with E-state index in [0.717, 1.165) is 15.6 Å². The van der Waals surface area contributed by atoms with Crippen molar-refractivity contribution in [1.29, 1.82) is 5.26 Å². The minimum atomic E-state index is -0.467. The Bertz CT molecular complexity index is 1180. The molecule has 0 heterocycles. The monoisotopic (exact) mass is 490 g/mol. The third kappa shape index (κ3) is 6.22. The lowest BCUT2D eigenvalue weighted by atomic mass is 10.1. The molecule has 3 rings (SSSR count). The number of halogens is 1. The molecule has 0 aliphatic heterocycles. The van der Waals surface area contributed by atoms with Crippen LogP contribution in [0, 0.1) is 18.3 Å². The summed E-state index contributed by atoms with van der Waals surface area (Å²) in [6, 6.07) is 22.6. The Labute approximate surface area is 196 Å². The molecule has 0 aromatic heterocycles. The van der Waals surface area contributed by atoms with Crippen LogP contribution in [0.3, 0.4) is 0 Å². The predicted octanol–water partition coefficient (Wildman–Crippen LogP) is 6.28. The van der Waals surface area contributed by atoms with E-state index >= 15 is 0 Å². The summed E-state index contributed by atoms with van der Waals surface area (Å²) in [5, 5.41) is 12.3. The second kappa shape index (κ2) is 11.2. The fraction of sp³-hybridized carbons (Fsp3) is 0.154. The van der Waals surface area contributed by atoms with Crippen molar-refractivity contribution in [2.24, 2.45) is 0 Å². The molecule has 0 aliphatic carbocycles. The molecule has 162 valence electrons. The van der Waals surface area contributed by atoms with Crippen LogP contribution in [0.5, 0.6) is 11.5 Å². The maximum Gasteiger partial charge on any atom is 0.266 e. The number of aryl methyl sites for hydroxylation is 1. The molecule has 0 unspecified atom stereocenters. The van der Waals surface area contributed by atoms with Crippen LogP contribution in [-0.2, 0) is 11.4 Å². The van der Waals surface area contributed by atoms with Gasteiger partial charge in [-0.3, -0.25) is 4.79 Å². The van der Waals surface area contributed by atoms with Crippen LogP contribution in [0.1, 0.15) is 23.6 Å². The highest BCUT2D eigenvalue weighted by atomic mass is 79.9. The number of amides is 1. The van der Waals surface area contributed by atoms with E-state index in [1.54, 1.807) is 24.3 Å². The van der Waals surface area contributed by atoms with E-state index in [0.29, 0.717) is 36.0 Å². The summed E-state index contributed by atoms with van der Waals surface area (Å²) in [6.45, 7) is 4.65. The lowest BCUT2D eigenvalue weighted by molar-refractivity contribution is -0.112. The van der Waals surface area contributed by atoms with Gasteiger partial charge in [0.25, 0.3) is 5.91 Å². The third-order valence-electron chi connectivity index (χ3n) is 4.56. The molecule has 0 radical (unpaired) electrons. The molecule has 0 atom stereocenters. The predicted molar refractivity (Wildman–Crippen MR) is 129 cm³/mol. The van der Waals surface area contributed by atoms with Gasteiger partial charge in [0.2, 0.25) is 0 Å². The lowest BCUT2D eigenvalue weighted by Crippen LogP contribution is -2.13. The summed E-state index contributed by atoms with van der Waals surface area (Å²) in [4.78, 5) is 12.6. The maximum atomic E-state index is 12.6. The van der Waals surface area contributed by atoms with Gasteiger partial charge in [-0.15, -0.1) is 0 Å². The molecule has 3 aromatic rings. The zero-order chi connectivity index (χ0) is 22.9. The molecule has 6 heteroatoms. The zero-order valence-corrected chi connectivity index (χ0v) is 19.5. The first-order valence-electron chi connectivity index (χ1n) is 10.1. The Balaban J connectivity index is 1.79. The highest BCUT2D eigenvalue weighted by Gasteiger charge is 2.12. The van der Waals surface area contributed by atoms with E-state index in [1.165, 1.54) is 6.08 Å². The van der Waals surface area contributed by atoms with Crippen molar-refractivity contribution in [3.05, 3.63) is 93.5 Å². The van der Waals surface area contributed by atoms with Crippen molar-refractivity contribution in [1.82, 2.24) is 0 Å². The maximum absolute atomic E-state index is 12.6. The van der Waals surface area contributed by atoms with Crippen LogP contribution < -0.4 is 14.8 Å². The summed E-state index contributed by atoms with van der Waals surface area (Å²) in [7, 11) is 0. The lowest BCUT2D eigenvalue weighted by Gasteiger charge is -2.13. The summed E-state index contributed by atoms with van der Waals surface area (Å²) in [5.41, 5.74) is 3.33. The van der Waals surface area contributed by atoms with Gasteiger partial charge in [-0.2, -0.15) is 5.26 Å². The van der Waals surface area contributed by atoms with E-state index in [2.05, 4.69) is 21.2 Å². The zero-order valence-electron chi connectivity index (χ0n) is 17.9. The number of carbonyl (C=O) groups excluding carboxylic acids is 1. The van der Waals surface area contributed by atoms with Crippen molar-refractivity contribution in [3.8, 4) is 17.6 Å². The van der Waals surface area contributed by atoms with E-state index in [1.807, 2.05) is 62.4 Å². The number of nitriles is 1. The molecular weight excluding hydrogens is 468 g/mol. The molecule has 1 amide bonds. The second-order valence-electron chi connectivity index (χ2n) is 7.01.